The number of hydrogen-bond acceptors (Lipinski definition) is 0. The average molecular weight is 1330 g/mol. The molecule has 16 aromatic carbocycles. The van der Waals surface area contributed by atoms with Crippen LogP contribution in [-0.4, -0.2) is 4.57 Å². The van der Waals surface area contributed by atoms with Crippen molar-refractivity contribution < 1.29 is 0 Å². The summed E-state index contributed by atoms with van der Waals surface area (Å²) >= 11 is 3.56. The molecule has 1 aromatic heterocycles. The lowest BCUT2D eigenvalue weighted by Gasteiger charge is -2.23. The summed E-state index contributed by atoms with van der Waals surface area (Å²) in [6.45, 7) is 18.9. The van der Waals surface area contributed by atoms with Crippen molar-refractivity contribution in [3.63, 3.8) is 0 Å². The summed E-state index contributed by atoms with van der Waals surface area (Å²) in [5, 5.41) is 18.6. The molecule has 1 heterocycles. The topological polar surface area (TPSA) is 4.93 Å². The van der Waals surface area contributed by atoms with E-state index in [1.807, 2.05) is 0 Å². The normalized spacial score (nSPS) is 15.2. The third kappa shape index (κ3) is 8.16. The number of hydrogen-bond donors (Lipinski definition) is 0. The molecular formula is C97H72BrN. The van der Waals surface area contributed by atoms with E-state index in [1.54, 1.807) is 0 Å². The molecule has 2 heteroatoms. The molecule has 0 saturated carbocycles. The number of halogens is 1. The zero-order valence-electron chi connectivity index (χ0n) is 57.1. The fraction of sp³-hybridized carbons (Fsp3) is 0.134. The zero-order valence-corrected chi connectivity index (χ0v) is 58.7. The third-order valence-corrected chi connectivity index (χ3v) is 24.6. The van der Waals surface area contributed by atoms with E-state index in [0.29, 0.717) is 0 Å². The standard InChI is InChI=1S/C48H35N.C34H24.C15H13Br/c1-47(2)41-19-11-9-17-33(41)35-22-21-28(23-43(35)47)49-45-26-37-32-16-8-6-14-30(32)29-13-5-7-15-31(29)36(37)24-39(45)40-25-38-34-18-10-12-20-42(34)48(3,4)44(38)27-46(40)49;1-34(2)32-14-8-7-13-26(32)31-19-28-21(17-33(31)34)15-20-16-29-24-11-5-3-9-22(24)23-10-4-6-12-25(23)30(29)18-27(20)28;1-15(2)13-6-4-3-5-11(13)12-8-7-10(16)9-14(12)15/h5-27H,1-4H3;3-14,16-19H,15H2,1-2H3;3-9H,1-2H3. The molecule has 0 N–H and O–H groups in total. The Hall–Kier alpha value is -10.6. The quantitative estimate of drug-likeness (QED) is 0.144. The summed E-state index contributed by atoms with van der Waals surface area (Å²) in [7, 11) is 0. The van der Waals surface area contributed by atoms with Gasteiger partial charge >= 0.3 is 0 Å². The molecule has 99 heavy (non-hydrogen) atoms. The first-order chi connectivity index (χ1) is 48.0. The average Bonchev–Trinajstić information content (AvgIpc) is 1.58. The van der Waals surface area contributed by atoms with Crippen LogP contribution in [0.15, 0.2) is 284 Å². The minimum Gasteiger partial charge on any atom is -0.309 e. The van der Waals surface area contributed by atoms with Gasteiger partial charge in [0.25, 0.3) is 0 Å². The van der Waals surface area contributed by atoms with Crippen molar-refractivity contribution in [3.05, 3.63) is 339 Å². The maximum absolute atomic E-state index is 3.56. The largest absolute Gasteiger partial charge is 0.309 e. The maximum Gasteiger partial charge on any atom is 0.0547 e. The van der Waals surface area contributed by atoms with Gasteiger partial charge in [-0.3, -0.25) is 0 Å². The number of benzene rings is 16. The lowest BCUT2D eigenvalue weighted by atomic mass is 9.81. The van der Waals surface area contributed by atoms with E-state index in [9.17, 15) is 0 Å². The highest BCUT2D eigenvalue weighted by Gasteiger charge is 2.40. The molecule has 5 aliphatic rings. The fourth-order valence-corrected chi connectivity index (χ4v) is 19.5. The predicted octanol–water partition coefficient (Wildman–Crippen LogP) is 26.6. The Morgan fingerprint density at radius 1 is 0.222 bits per heavy atom. The van der Waals surface area contributed by atoms with Crippen LogP contribution in [0.25, 0.3) is 148 Å². The van der Waals surface area contributed by atoms with Gasteiger partial charge in [-0.15, -0.1) is 0 Å². The molecule has 1 nitrogen and oxygen atoms in total. The molecule has 0 saturated heterocycles. The SMILES string of the molecule is CC1(C)c2ccccc2-c2cc3c(cc21)Cc1cc2c4ccccc4c4ccccc4c2cc1-3.CC1(C)c2ccccc2-c2ccc(-n3c4cc5c(cc4c4cc6c7ccccc7c7ccccc7c6cc43)-c3ccccc3C5(C)C)cc21.CC1(C)c2ccccc2-c2ccc(Br)cc21. The van der Waals surface area contributed by atoms with E-state index < -0.39 is 0 Å². The number of rotatable bonds is 1. The first-order valence-corrected chi connectivity index (χ1v) is 36.1. The van der Waals surface area contributed by atoms with Crippen LogP contribution in [0.1, 0.15) is 111 Å². The van der Waals surface area contributed by atoms with Crippen LogP contribution in [-0.2, 0) is 28.1 Å². The number of aromatic nitrogens is 1. The van der Waals surface area contributed by atoms with Crippen LogP contribution >= 0.6 is 15.9 Å². The molecule has 22 rings (SSSR count). The lowest BCUT2D eigenvalue weighted by Crippen LogP contribution is -2.15. The molecule has 17 aromatic rings. The molecule has 0 bridgehead atoms. The minimum absolute atomic E-state index is 0.0485. The molecular weight excluding hydrogens is 1260 g/mol. The van der Waals surface area contributed by atoms with Crippen LogP contribution < -0.4 is 0 Å². The van der Waals surface area contributed by atoms with E-state index in [0.717, 1.165) is 10.9 Å². The molecule has 0 aliphatic heterocycles. The molecule has 0 amide bonds. The fourth-order valence-electron chi connectivity index (χ4n) is 19.2. The molecule has 5 aliphatic carbocycles. The first-order valence-electron chi connectivity index (χ1n) is 35.3. The van der Waals surface area contributed by atoms with Gasteiger partial charge in [0.1, 0.15) is 0 Å². The van der Waals surface area contributed by atoms with Crippen LogP contribution in [0.3, 0.4) is 0 Å². The van der Waals surface area contributed by atoms with Gasteiger partial charge in [-0.2, -0.15) is 0 Å². The Balaban J connectivity index is 0.000000114. The van der Waals surface area contributed by atoms with Crippen molar-refractivity contribution in [3.8, 4) is 61.3 Å². The molecule has 0 radical (unpaired) electrons. The second-order valence-electron chi connectivity index (χ2n) is 30.7. The van der Waals surface area contributed by atoms with Crippen molar-refractivity contribution in [2.75, 3.05) is 0 Å². The summed E-state index contributed by atoms with van der Waals surface area (Å²) in [5.41, 5.74) is 31.9. The van der Waals surface area contributed by atoms with Gasteiger partial charge in [-0.05, 0) is 249 Å². The van der Waals surface area contributed by atoms with E-state index >= 15 is 0 Å². The molecule has 0 fully saturated rings. The van der Waals surface area contributed by atoms with Gasteiger partial charge in [-0.1, -0.05) is 284 Å². The van der Waals surface area contributed by atoms with E-state index in [2.05, 4.69) is 355 Å². The van der Waals surface area contributed by atoms with Gasteiger partial charge in [0.15, 0.2) is 0 Å². The summed E-state index contributed by atoms with van der Waals surface area (Å²) < 4.78 is 3.72. The minimum atomic E-state index is -0.0832. The maximum atomic E-state index is 3.56. The Bertz CT molecular complexity index is 6460. The summed E-state index contributed by atoms with van der Waals surface area (Å²) in [6, 6.07) is 105. The van der Waals surface area contributed by atoms with Crippen molar-refractivity contribution >= 4 is 102 Å². The summed E-state index contributed by atoms with van der Waals surface area (Å²) in [5.74, 6) is 0. The molecule has 0 unspecified atom stereocenters. The monoisotopic (exact) mass is 1330 g/mol. The van der Waals surface area contributed by atoms with Crippen LogP contribution in [0.2, 0.25) is 0 Å². The lowest BCUT2D eigenvalue weighted by molar-refractivity contribution is 0.659. The number of nitrogens with zero attached hydrogens (tertiary/aromatic N) is 1. The first kappa shape index (κ1) is 58.5. The zero-order chi connectivity index (χ0) is 66.8. The van der Waals surface area contributed by atoms with E-state index in [4.69, 9.17) is 0 Å². The predicted molar refractivity (Wildman–Crippen MR) is 425 cm³/mol. The van der Waals surface area contributed by atoms with Crippen LogP contribution in [0.4, 0.5) is 0 Å². The molecule has 0 spiro atoms. The summed E-state index contributed by atoms with van der Waals surface area (Å²) in [4.78, 5) is 0. The van der Waals surface area contributed by atoms with Crippen LogP contribution in [0, 0.1) is 0 Å². The van der Waals surface area contributed by atoms with Gasteiger partial charge in [0.2, 0.25) is 0 Å². The van der Waals surface area contributed by atoms with Crippen molar-refractivity contribution in [2.24, 2.45) is 0 Å². The Morgan fingerprint density at radius 2 is 0.535 bits per heavy atom. The van der Waals surface area contributed by atoms with E-state index in [1.165, 1.54) is 203 Å². The van der Waals surface area contributed by atoms with Gasteiger partial charge in [0, 0.05) is 42.6 Å². The Morgan fingerprint density at radius 3 is 1.03 bits per heavy atom. The summed E-state index contributed by atoms with van der Waals surface area (Å²) in [6.07, 6.45) is 1.02. The van der Waals surface area contributed by atoms with Crippen LogP contribution in [0.5, 0.6) is 0 Å². The second kappa shape index (κ2) is 20.7. The highest BCUT2D eigenvalue weighted by Crippen LogP contribution is 2.57. The van der Waals surface area contributed by atoms with Gasteiger partial charge < -0.3 is 4.57 Å². The molecule has 0 atom stereocenters. The van der Waals surface area contributed by atoms with Crippen molar-refractivity contribution in [1.82, 2.24) is 4.57 Å². The molecule has 472 valence electrons. The van der Waals surface area contributed by atoms with Gasteiger partial charge in [-0.25, -0.2) is 0 Å². The Labute approximate surface area is 586 Å². The Kier molecular flexibility index (Phi) is 12.2. The smallest absolute Gasteiger partial charge is 0.0547 e. The van der Waals surface area contributed by atoms with Crippen molar-refractivity contribution in [2.45, 2.75) is 83.5 Å². The van der Waals surface area contributed by atoms with Crippen molar-refractivity contribution in [1.29, 1.82) is 0 Å². The third-order valence-electron chi connectivity index (χ3n) is 24.1. The number of fused-ring (bicyclic) bond motifs is 30. The highest BCUT2D eigenvalue weighted by molar-refractivity contribution is 9.10. The van der Waals surface area contributed by atoms with Gasteiger partial charge in [0.05, 0.1) is 11.0 Å². The second-order valence-corrected chi connectivity index (χ2v) is 31.7. The highest BCUT2D eigenvalue weighted by atomic mass is 79.9. The van der Waals surface area contributed by atoms with E-state index in [-0.39, 0.29) is 21.7 Å².